The van der Waals surface area contributed by atoms with Crippen LogP contribution >= 0.6 is 0 Å². The lowest BCUT2D eigenvalue weighted by Gasteiger charge is -2.20. The van der Waals surface area contributed by atoms with E-state index in [1.807, 2.05) is 6.92 Å². The minimum atomic E-state index is -0.462. The van der Waals surface area contributed by atoms with E-state index in [9.17, 15) is 4.79 Å². The second-order valence-electron chi connectivity index (χ2n) is 3.01. The van der Waals surface area contributed by atoms with E-state index < -0.39 is 5.41 Å². The first-order chi connectivity index (χ1) is 5.75. The third-order valence-corrected chi connectivity index (χ3v) is 2.26. The molecule has 1 atom stereocenters. The standard InChI is InChI=1S/C9H15NO2/c1-3-9(5-6-10-7-9)8(11)12-4-2/h3,10H,1,4-7H2,2H3. The number of ether oxygens (including phenoxy) is 1. The minimum Gasteiger partial charge on any atom is -0.465 e. The molecule has 0 aromatic heterocycles. The Morgan fingerprint density at radius 2 is 2.58 bits per heavy atom. The summed E-state index contributed by atoms with van der Waals surface area (Å²) >= 11 is 0. The number of esters is 1. The van der Waals surface area contributed by atoms with Crippen LogP contribution in [0.5, 0.6) is 0 Å². The number of nitrogens with one attached hydrogen (secondary N) is 1. The van der Waals surface area contributed by atoms with Gasteiger partial charge in [0.05, 0.1) is 12.0 Å². The Morgan fingerprint density at radius 3 is 3.00 bits per heavy atom. The maximum atomic E-state index is 11.5. The molecule has 1 N–H and O–H groups in total. The van der Waals surface area contributed by atoms with E-state index >= 15 is 0 Å². The average molecular weight is 169 g/mol. The van der Waals surface area contributed by atoms with E-state index in [1.165, 1.54) is 0 Å². The summed E-state index contributed by atoms with van der Waals surface area (Å²) < 4.78 is 4.97. The van der Waals surface area contributed by atoms with Crippen LogP contribution in [0.15, 0.2) is 12.7 Å². The fourth-order valence-electron chi connectivity index (χ4n) is 1.42. The van der Waals surface area contributed by atoms with E-state index in [0.717, 1.165) is 13.0 Å². The van der Waals surface area contributed by atoms with Crippen molar-refractivity contribution in [3.05, 3.63) is 12.7 Å². The van der Waals surface area contributed by atoms with Gasteiger partial charge in [0, 0.05) is 6.54 Å². The Hall–Kier alpha value is -0.830. The topological polar surface area (TPSA) is 38.3 Å². The highest BCUT2D eigenvalue weighted by molar-refractivity contribution is 5.79. The fraction of sp³-hybridized carbons (Fsp3) is 0.667. The first-order valence-electron chi connectivity index (χ1n) is 4.27. The van der Waals surface area contributed by atoms with Crippen LogP contribution < -0.4 is 5.32 Å². The molecule has 1 fully saturated rings. The molecule has 0 saturated carbocycles. The molecule has 12 heavy (non-hydrogen) atoms. The summed E-state index contributed by atoms with van der Waals surface area (Å²) in [5.41, 5.74) is -0.462. The van der Waals surface area contributed by atoms with Crippen LogP contribution in [0.3, 0.4) is 0 Å². The van der Waals surface area contributed by atoms with Crippen LogP contribution in [-0.4, -0.2) is 25.7 Å². The van der Waals surface area contributed by atoms with Crippen molar-refractivity contribution >= 4 is 5.97 Å². The molecule has 1 saturated heterocycles. The number of carbonyl (C=O) groups excluding carboxylic acids is 1. The smallest absolute Gasteiger partial charge is 0.317 e. The minimum absolute atomic E-state index is 0.148. The van der Waals surface area contributed by atoms with Gasteiger partial charge in [-0.05, 0) is 19.9 Å². The monoisotopic (exact) mass is 169 g/mol. The van der Waals surface area contributed by atoms with Crippen molar-refractivity contribution in [3.63, 3.8) is 0 Å². The molecule has 1 aliphatic rings. The Balaban J connectivity index is 2.65. The van der Waals surface area contributed by atoms with Crippen molar-refractivity contribution in [2.45, 2.75) is 13.3 Å². The highest BCUT2D eigenvalue weighted by Gasteiger charge is 2.39. The van der Waals surface area contributed by atoms with Gasteiger partial charge in [0.15, 0.2) is 0 Å². The second-order valence-corrected chi connectivity index (χ2v) is 3.01. The van der Waals surface area contributed by atoms with Gasteiger partial charge in [-0.3, -0.25) is 4.79 Å². The first-order valence-corrected chi connectivity index (χ1v) is 4.27. The molecule has 1 rings (SSSR count). The van der Waals surface area contributed by atoms with Gasteiger partial charge in [0.1, 0.15) is 0 Å². The van der Waals surface area contributed by atoms with Crippen LogP contribution in [0.1, 0.15) is 13.3 Å². The highest BCUT2D eigenvalue weighted by atomic mass is 16.5. The molecule has 0 radical (unpaired) electrons. The molecule has 0 aromatic rings. The lowest BCUT2D eigenvalue weighted by Crippen LogP contribution is -2.33. The van der Waals surface area contributed by atoms with Crippen LogP contribution in [0.25, 0.3) is 0 Å². The van der Waals surface area contributed by atoms with Crippen LogP contribution in [0, 0.1) is 5.41 Å². The van der Waals surface area contributed by atoms with Gasteiger partial charge in [-0.25, -0.2) is 0 Å². The van der Waals surface area contributed by atoms with Crippen molar-refractivity contribution < 1.29 is 9.53 Å². The Labute approximate surface area is 72.8 Å². The predicted molar refractivity (Wildman–Crippen MR) is 46.7 cm³/mol. The van der Waals surface area contributed by atoms with Gasteiger partial charge >= 0.3 is 5.97 Å². The van der Waals surface area contributed by atoms with Crippen LogP contribution in [-0.2, 0) is 9.53 Å². The van der Waals surface area contributed by atoms with Crippen molar-refractivity contribution in [2.75, 3.05) is 19.7 Å². The lowest BCUT2D eigenvalue weighted by molar-refractivity contribution is -0.151. The lowest BCUT2D eigenvalue weighted by atomic mass is 9.88. The van der Waals surface area contributed by atoms with Gasteiger partial charge in [-0.1, -0.05) is 6.08 Å². The molecule has 1 aliphatic heterocycles. The zero-order valence-corrected chi connectivity index (χ0v) is 7.43. The predicted octanol–water partition coefficient (Wildman–Crippen LogP) is 0.715. The normalized spacial score (nSPS) is 28.4. The summed E-state index contributed by atoms with van der Waals surface area (Å²) in [6.45, 7) is 7.46. The number of hydrogen-bond donors (Lipinski definition) is 1. The molecule has 0 aromatic carbocycles. The van der Waals surface area contributed by atoms with E-state index in [-0.39, 0.29) is 5.97 Å². The Kier molecular flexibility index (Phi) is 2.87. The molecule has 68 valence electrons. The van der Waals surface area contributed by atoms with Crippen LogP contribution in [0.2, 0.25) is 0 Å². The quantitative estimate of drug-likeness (QED) is 0.499. The van der Waals surface area contributed by atoms with Gasteiger partial charge < -0.3 is 10.1 Å². The Morgan fingerprint density at radius 1 is 1.83 bits per heavy atom. The molecule has 0 aliphatic carbocycles. The molecular weight excluding hydrogens is 154 g/mol. The molecule has 1 unspecified atom stereocenters. The van der Waals surface area contributed by atoms with E-state index in [2.05, 4.69) is 11.9 Å². The van der Waals surface area contributed by atoms with E-state index in [0.29, 0.717) is 13.2 Å². The molecule has 1 heterocycles. The van der Waals surface area contributed by atoms with Crippen molar-refractivity contribution in [3.8, 4) is 0 Å². The summed E-state index contributed by atoms with van der Waals surface area (Å²) in [6.07, 6.45) is 2.50. The summed E-state index contributed by atoms with van der Waals surface area (Å²) in [7, 11) is 0. The molecular formula is C9H15NO2. The SMILES string of the molecule is C=CC1(C(=O)OCC)CCNC1. The number of hydrogen-bond acceptors (Lipinski definition) is 3. The zero-order chi connectivity index (χ0) is 9.03. The van der Waals surface area contributed by atoms with Crippen molar-refractivity contribution in [2.24, 2.45) is 5.41 Å². The van der Waals surface area contributed by atoms with Gasteiger partial charge in [-0.2, -0.15) is 0 Å². The molecule has 3 heteroatoms. The Bertz CT molecular complexity index is 183. The maximum Gasteiger partial charge on any atom is 0.317 e. The van der Waals surface area contributed by atoms with E-state index in [4.69, 9.17) is 4.74 Å². The first kappa shape index (κ1) is 9.26. The van der Waals surface area contributed by atoms with Gasteiger partial charge in [-0.15, -0.1) is 6.58 Å². The summed E-state index contributed by atoms with van der Waals surface area (Å²) in [5, 5.41) is 3.13. The second kappa shape index (κ2) is 3.72. The summed E-state index contributed by atoms with van der Waals surface area (Å²) in [6, 6.07) is 0. The van der Waals surface area contributed by atoms with Gasteiger partial charge in [0.25, 0.3) is 0 Å². The molecule has 0 bridgehead atoms. The van der Waals surface area contributed by atoms with Crippen molar-refractivity contribution in [1.82, 2.24) is 5.32 Å². The molecule has 3 nitrogen and oxygen atoms in total. The van der Waals surface area contributed by atoms with Gasteiger partial charge in [0.2, 0.25) is 0 Å². The molecule has 0 amide bonds. The third kappa shape index (κ3) is 1.50. The largest absolute Gasteiger partial charge is 0.465 e. The van der Waals surface area contributed by atoms with Crippen LogP contribution in [0.4, 0.5) is 0 Å². The fourth-order valence-corrected chi connectivity index (χ4v) is 1.42. The average Bonchev–Trinajstić information content (AvgIpc) is 2.54. The summed E-state index contributed by atoms with van der Waals surface area (Å²) in [4.78, 5) is 11.5. The summed E-state index contributed by atoms with van der Waals surface area (Å²) in [5.74, 6) is -0.148. The molecule has 0 spiro atoms. The zero-order valence-electron chi connectivity index (χ0n) is 7.43. The third-order valence-electron chi connectivity index (χ3n) is 2.26. The van der Waals surface area contributed by atoms with Crippen molar-refractivity contribution in [1.29, 1.82) is 0 Å². The number of carbonyl (C=O) groups is 1. The highest BCUT2D eigenvalue weighted by Crippen LogP contribution is 2.28. The van der Waals surface area contributed by atoms with E-state index in [1.54, 1.807) is 6.08 Å². The number of rotatable bonds is 3. The maximum absolute atomic E-state index is 11.5.